The van der Waals surface area contributed by atoms with Gasteiger partial charge in [-0.2, -0.15) is 0 Å². The maximum atomic E-state index is 11.4. The lowest BCUT2D eigenvalue weighted by molar-refractivity contribution is -0.119. The zero-order valence-electron chi connectivity index (χ0n) is 26.5. The molecule has 0 bridgehead atoms. The van der Waals surface area contributed by atoms with Gasteiger partial charge in [0.25, 0.3) is 0 Å². The smallest absolute Gasteiger partial charge is 0.133 e. The van der Waals surface area contributed by atoms with Gasteiger partial charge in [-0.15, -0.1) is 9.24 Å². The maximum Gasteiger partial charge on any atom is 0.133 e. The lowest BCUT2D eigenvalue weighted by Crippen LogP contribution is -2.05. The fourth-order valence-electron chi connectivity index (χ4n) is 4.54. The molecule has 2 aliphatic carbocycles. The van der Waals surface area contributed by atoms with Gasteiger partial charge < -0.3 is 0 Å². The molecule has 4 rings (SSSR count). The average molecular weight is 552 g/mol. The minimum Gasteiger partial charge on any atom is -0.300 e. The minimum atomic E-state index is 0.357. The second kappa shape index (κ2) is 20.1. The monoisotopic (exact) mass is 551 g/mol. The summed E-state index contributed by atoms with van der Waals surface area (Å²) in [5.41, 5.74) is 6.52. The van der Waals surface area contributed by atoms with E-state index >= 15 is 0 Å². The van der Waals surface area contributed by atoms with Gasteiger partial charge in [0.1, 0.15) is 5.78 Å². The van der Waals surface area contributed by atoms with Gasteiger partial charge in [-0.25, -0.2) is 0 Å². The molecule has 0 aromatic heterocycles. The van der Waals surface area contributed by atoms with Crippen molar-refractivity contribution in [1.82, 2.24) is 0 Å². The van der Waals surface area contributed by atoms with Crippen molar-refractivity contribution in [2.45, 2.75) is 138 Å². The molecule has 0 N–H and O–H groups in total. The van der Waals surface area contributed by atoms with Crippen LogP contribution in [0.1, 0.15) is 148 Å². The van der Waals surface area contributed by atoms with Crippen LogP contribution in [0.5, 0.6) is 0 Å². The zero-order chi connectivity index (χ0) is 29.2. The Hall–Kier alpha value is -1.79. The van der Waals surface area contributed by atoms with Crippen molar-refractivity contribution in [1.29, 1.82) is 0 Å². The summed E-state index contributed by atoms with van der Waals surface area (Å²) in [6.45, 7) is 17.0. The molecule has 3 heteroatoms. The number of aliphatic imine (C=N–C) groups is 1. The van der Waals surface area contributed by atoms with Crippen molar-refractivity contribution in [3.8, 4) is 0 Å². The molecule has 39 heavy (non-hydrogen) atoms. The molecule has 2 nitrogen and oxygen atoms in total. The Kier molecular flexibility index (Phi) is 18.2. The highest BCUT2D eigenvalue weighted by atomic mass is 31.0. The second-order valence-corrected chi connectivity index (χ2v) is 11.9. The third kappa shape index (κ3) is 13.9. The van der Waals surface area contributed by atoms with Crippen LogP contribution in [0.4, 0.5) is 5.69 Å². The van der Waals surface area contributed by atoms with E-state index in [1.54, 1.807) is 0 Å². The number of unbranched alkanes of at least 4 members (excludes halogenated alkanes) is 1. The molecule has 2 aromatic carbocycles. The summed E-state index contributed by atoms with van der Waals surface area (Å²) in [6, 6.07) is 14.7. The van der Waals surface area contributed by atoms with Gasteiger partial charge in [0.05, 0.1) is 5.69 Å². The fraction of sp³-hybridized carbons (Fsp3) is 0.611. The Morgan fingerprint density at radius 3 is 2.08 bits per heavy atom. The molecular formula is C36H58NOP. The van der Waals surface area contributed by atoms with Gasteiger partial charge in [-0.05, 0) is 91.8 Å². The first-order valence-corrected chi connectivity index (χ1v) is 16.3. The predicted octanol–water partition coefficient (Wildman–Crippen LogP) is 11.0. The Bertz CT molecular complexity index is 973. The first-order chi connectivity index (χ1) is 18.8. The second-order valence-electron chi connectivity index (χ2n) is 11.3. The number of ketones is 1. The number of Topliss-reactive ketones (excluding diaryl/α,β-unsaturated/α-hetero) is 1. The predicted molar refractivity (Wildman–Crippen MR) is 179 cm³/mol. The van der Waals surface area contributed by atoms with Crippen LogP contribution in [0.25, 0.3) is 0 Å². The maximum absolute atomic E-state index is 11.4. The molecule has 0 amide bonds. The van der Waals surface area contributed by atoms with Crippen molar-refractivity contribution in [3.63, 3.8) is 0 Å². The SMILES string of the molecule is CC.CC1CCC1.CCCC(=O)CC(C)c1ccccc1.CCCCC(C)=Nc1ccc(C2CC2)c(P)c1C. The molecule has 2 aromatic rings. The van der Waals surface area contributed by atoms with Gasteiger partial charge in [0, 0.05) is 18.6 Å². The number of carbonyl (C=O) groups is 1. The number of hydrogen-bond donors (Lipinski definition) is 0. The van der Waals surface area contributed by atoms with E-state index in [9.17, 15) is 4.79 Å². The van der Waals surface area contributed by atoms with E-state index in [1.165, 1.54) is 72.7 Å². The average Bonchev–Trinajstić information content (AvgIpc) is 3.77. The van der Waals surface area contributed by atoms with E-state index in [2.05, 4.69) is 68.1 Å². The van der Waals surface area contributed by atoms with E-state index in [0.29, 0.717) is 18.1 Å². The van der Waals surface area contributed by atoms with Crippen LogP contribution in [0.15, 0.2) is 47.5 Å². The molecule has 2 fully saturated rings. The Labute approximate surface area is 244 Å². The Morgan fingerprint density at radius 2 is 1.59 bits per heavy atom. The number of rotatable bonds is 10. The molecule has 2 aliphatic rings. The topological polar surface area (TPSA) is 29.4 Å². The third-order valence-electron chi connectivity index (χ3n) is 7.57. The molecule has 2 saturated carbocycles. The zero-order valence-corrected chi connectivity index (χ0v) is 27.6. The van der Waals surface area contributed by atoms with E-state index in [4.69, 9.17) is 4.99 Å². The van der Waals surface area contributed by atoms with Gasteiger partial charge >= 0.3 is 0 Å². The quantitative estimate of drug-likeness (QED) is 0.213. The fourth-order valence-corrected chi connectivity index (χ4v) is 5.02. The summed E-state index contributed by atoms with van der Waals surface area (Å²) >= 11 is 0. The summed E-state index contributed by atoms with van der Waals surface area (Å²) in [5, 5.41) is 1.38. The number of benzene rings is 2. The van der Waals surface area contributed by atoms with Crippen molar-refractivity contribution < 1.29 is 4.79 Å². The molecule has 0 radical (unpaired) electrons. The highest BCUT2D eigenvalue weighted by Crippen LogP contribution is 2.41. The number of nitrogens with zero attached hydrogens (tertiary/aromatic N) is 1. The van der Waals surface area contributed by atoms with Crippen LogP contribution < -0.4 is 5.30 Å². The molecular weight excluding hydrogens is 493 g/mol. The lowest BCUT2D eigenvalue weighted by atomic mass is 9.88. The summed E-state index contributed by atoms with van der Waals surface area (Å²) < 4.78 is 0. The van der Waals surface area contributed by atoms with Crippen LogP contribution in [-0.4, -0.2) is 11.5 Å². The van der Waals surface area contributed by atoms with Crippen LogP contribution >= 0.6 is 9.24 Å². The molecule has 2 atom stereocenters. The van der Waals surface area contributed by atoms with E-state index in [1.807, 2.05) is 39.0 Å². The van der Waals surface area contributed by atoms with Crippen molar-refractivity contribution in [2.24, 2.45) is 10.9 Å². The van der Waals surface area contributed by atoms with Crippen molar-refractivity contribution in [2.75, 3.05) is 0 Å². The highest BCUT2D eigenvalue weighted by molar-refractivity contribution is 7.27. The van der Waals surface area contributed by atoms with Gasteiger partial charge in [0.15, 0.2) is 0 Å². The molecule has 0 heterocycles. The molecule has 218 valence electrons. The van der Waals surface area contributed by atoms with Crippen LogP contribution in [0, 0.1) is 12.8 Å². The van der Waals surface area contributed by atoms with Crippen LogP contribution in [-0.2, 0) is 4.79 Å². The van der Waals surface area contributed by atoms with E-state index in [0.717, 1.165) is 36.8 Å². The molecule has 0 spiro atoms. The molecule has 0 aliphatic heterocycles. The van der Waals surface area contributed by atoms with Crippen LogP contribution in [0.3, 0.4) is 0 Å². The number of carbonyl (C=O) groups excluding carboxylic acids is 1. The normalized spacial score (nSPS) is 15.4. The third-order valence-corrected chi connectivity index (χ3v) is 8.33. The van der Waals surface area contributed by atoms with Gasteiger partial charge in [-0.1, -0.05) is 104 Å². The summed E-state index contributed by atoms with van der Waals surface area (Å²) in [4.78, 5) is 16.2. The summed E-state index contributed by atoms with van der Waals surface area (Å²) in [7, 11) is 2.92. The van der Waals surface area contributed by atoms with Crippen molar-refractivity contribution >= 4 is 31.7 Å². The van der Waals surface area contributed by atoms with Gasteiger partial charge in [-0.3, -0.25) is 9.79 Å². The lowest BCUT2D eigenvalue weighted by Gasteiger charge is -2.18. The first kappa shape index (κ1) is 35.2. The summed E-state index contributed by atoms with van der Waals surface area (Å²) in [5.74, 6) is 2.62. The van der Waals surface area contributed by atoms with Gasteiger partial charge in [0.2, 0.25) is 0 Å². The first-order valence-electron chi connectivity index (χ1n) is 15.8. The van der Waals surface area contributed by atoms with E-state index in [-0.39, 0.29) is 0 Å². The van der Waals surface area contributed by atoms with Crippen LogP contribution in [0.2, 0.25) is 0 Å². The standard InChI is InChI=1S/C16H24NP.C13H18O.C5H10.C2H6/c1-4-5-6-11(2)17-15-10-9-14(13-7-8-13)16(18)12(15)3;1-3-7-13(14)10-11(2)12-8-5-4-6-9-12;1-5-3-2-4-5;1-2/h9-10,13H,4-8,18H2,1-3H3;4-6,8-9,11H,3,7,10H2,1-2H3;5H,2-4H2,1H3;1-2H3. The Balaban J connectivity index is 0.000000320. The summed E-state index contributed by atoms with van der Waals surface area (Å²) in [6.07, 6.45) is 13.1. The van der Waals surface area contributed by atoms with E-state index < -0.39 is 0 Å². The molecule has 0 saturated heterocycles. The Morgan fingerprint density at radius 1 is 0.974 bits per heavy atom. The van der Waals surface area contributed by atoms with Crippen molar-refractivity contribution in [3.05, 3.63) is 59.2 Å². The molecule has 2 unspecified atom stereocenters. The largest absolute Gasteiger partial charge is 0.300 e. The highest BCUT2D eigenvalue weighted by Gasteiger charge is 2.26. The minimum absolute atomic E-state index is 0.357. The number of hydrogen-bond acceptors (Lipinski definition) is 2.